The maximum absolute atomic E-state index is 11.6. The molecule has 4 heteroatoms. The smallest absolute Gasteiger partial charge is 0.309 e. The Hall–Kier alpha value is -1.58. The first-order valence-corrected chi connectivity index (χ1v) is 6.36. The van der Waals surface area contributed by atoms with Gasteiger partial charge < -0.3 is 9.84 Å². The van der Waals surface area contributed by atoms with Crippen LogP contribution in [0, 0.1) is 17.3 Å². The predicted octanol–water partition coefficient (Wildman–Crippen LogP) is 2.13. The van der Waals surface area contributed by atoms with Crippen LogP contribution in [0.2, 0.25) is 0 Å². The van der Waals surface area contributed by atoms with Gasteiger partial charge in [-0.25, -0.2) is 4.98 Å². The van der Waals surface area contributed by atoms with E-state index in [4.69, 9.17) is 4.74 Å². The fourth-order valence-electron chi connectivity index (χ4n) is 3.40. The highest BCUT2D eigenvalue weighted by molar-refractivity contribution is 5.76. The van der Waals surface area contributed by atoms with E-state index in [0.717, 1.165) is 18.4 Å². The van der Waals surface area contributed by atoms with Crippen molar-refractivity contribution < 1.29 is 14.6 Å². The summed E-state index contributed by atoms with van der Waals surface area (Å²) in [4.78, 5) is 15.8. The van der Waals surface area contributed by atoms with Crippen LogP contribution in [0.3, 0.4) is 0 Å². The maximum atomic E-state index is 11.6. The highest BCUT2D eigenvalue weighted by atomic mass is 16.5. The van der Waals surface area contributed by atoms with Gasteiger partial charge in [-0.1, -0.05) is 6.07 Å². The fraction of sp³-hybridized carbons (Fsp3) is 0.571. The molecule has 0 spiro atoms. The number of ether oxygens (including phenoxy) is 1. The van der Waals surface area contributed by atoms with Crippen LogP contribution >= 0.6 is 0 Å². The first-order chi connectivity index (χ1) is 8.64. The molecule has 1 aromatic rings. The molecule has 96 valence electrons. The number of aliphatic carboxylic acids is 1. The third-order valence-electron chi connectivity index (χ3n) is 4.40. The SMILES string of the molecule is COc1ncccc1CC1(C(=O)O)CC2CC2C1. The van der Waals surface area contributed by atoms with Gasteiger partial charge in [0.2, 0.25) is 5.88 Å². The number of nitrogens with zero attached hydrogens (tertiary/aromatic N) is 1. The second-order valence-electron chi connectivity index (χ2n) is 5.60. The minimum absolute atomic E-state index is 0.534. The zero-order valence-electron chi connectivity index (χ0n) is 10.4. The second kappa shape index (κ2) is 3.97. The zero-order valence-corrected chi connectivity index (χ0v) is 10.4. The molecule has 0 aromatic carbocycles. The lowest BCUT2D eigenvalue weighted by atomic mass is 9.77. The van der Waals surface area contributed by atoms with Gasteiger partial charge in [-0.05, 0) is 43.6 Å². The largest absolute Gasteiger partial charge is 0.481 e. The van der Waals surface area contributed by atoms with E-state index in [0.29, 0.717) is 24.1 Å². The van der Waals surface area contributed by atoms with Gasteiger partial charge in [-0.15, -0.1) is 0 Å². The number of rotatable bonds is 4. The van der Waals surface area contributed by atoms with Gasteiger partial charge in [0, 0.05) is 11.8 Å². The summed E-state index contributed by atoms with van der Waals surface area (Å²) in [5, 5.41) is 9.57. The molecule has 18 heavy (non-hydrogen) atoms. The van der Waals surface area contributed by atoms with Crippen LogP contribution in [0.5, 0.6) is 5.88 Å². The van der Waals surface area contributed by atoms with Gasteiger partial charge in [0.25, 0.3) is 0 Å². The normalized spacial score (nSPS) is 32.9. The van der Waals surface area contributed by atoms with Crippen LogP contribution in [-0.2, 0) is 11.2 Å². The molecule has 0 amide bonds. The number of hydrogen-bond acceptors (Lipinski definition) is 3. The lowest BCUT2D eigenvalue weighted by Gasteiger charge is -2.26. The Labute approximate surface area is 106 Å². The van der Waals surface area contributed by atoms with Crippen molar-refractivity contribution in [3.63, 3.8) is 0 Å². The van der Waals surface area contributed by atoms with Crippen molar-refractivity contribution in [3.05, 3.63) is 23.9 Å². The highest BCUT2D eigenvalue weighted by Gasteiger charge is 2.57. The molecule has 0 aliphatic heterocycles. The Bertz CT molecular complexity index is 476. The van der Waals surface area contributed by atoms with E-state index >= 15 is 0 Å². The first kappa shape index (κ1) is 11.5. The standard InChI is InChI=1S/C14H17NO3/c1-18-12-9(3-2-4-15-12)6-14(13(16)17)7-10-5-11(10)8-14/h2-4,10-11H,5-8H2,1H3,(H,16,17). The summed E-state index contributed by atoms with van der Waals surface area (Å²) in [6.45, 7) is 0. The molecule has 2 unspecified atom stereocenters. The van der Waals surface area contributed by atoms with Crippen LogP contribution in [0.25, 0.3) is 0 Å². The van der Waals surface area contributed by atoms with Gasteiger partial charge >= 0.3 is 5.97 Å². The minimum Gasteiger partial charge on any atom is -0.481 e. The fourth-order valence-corrected chi connectivity index (χ4v) is 3.40. The van der Waals surface area contributed by atoms with Crippen molar-refractivity contribution >= 4 is 5.97 Å². The Morgan fingerprint density at radius 2 is 2.28 bits per heavy atom. The summed E-state index contributed by atoms with van der Waals surface area (Å²) in [7, 11) is 1.57. The molecule has 2 saturated carbocycles. The molecule has 2 aliphatic rings. The number of methoxy groups -OCH3 is 1. The third kappa shape index (κ3) is 1.76. The summed E-state index contributed by atoms with van der Waals surface area (Å²) < 4.78 is 5.21. The molecule has 1 N–H and O–H groups in total. The Morgan fingerprint density at radius 3 is 2.89 bits per heavy atom. The molecule has 2 atom stereocenters. The lowest BCUT2D eigenvalue weighted by molar-refractivity contribution is -0.149. The van der Waals surface area contributed by atoms with Crippen LogP contribution in [0.15, 0.2) is 18.3 Å². The number of aromatic nitrogens is 1. The number of pyridine rings is 1. The molecule has 0 bridgehead atoms. The molecule has 4 nitrogen and oxygen atoms in total. The first-order valence-electron chi connectivity index (χ1n) is 6.36. The molecule has 2 aliphatic carbocycles. The average molecular weight is 247 g/mol. The van der Waals surface area contributed by atoms with Crippen molar-refractivity contribution in [2.24, 2.45) is 17.3 Å². The highest BCUT2D eigenvalue weighted by Crippen LogP contribution is 2.61. The van der Waals surface area contributed by atoms with Crippen molar-refractivity contribution in [1.82, 2.24) is 4.98 Å². The zero-order chi connectivity index (χ0) is 12.8. The van der Waals surface area contributed by atoms with Crippen LogP contribution in [-0.4, -0.2) is 23.2 Å². The second-order valence-corrected chi connectivity index (χ2v) is 5.60. The molecular weight excluding hydrogens is 230 g/mol. The number of carbonyl (C=O) groups is 1. The minimum atomic E-state index is -0.666. The van der Waals surface area contributed by atoms with E-state index < -0.39 is 11.4 Å². The molecule has 1 heterocycles. The van der Waals surface area contributed by atoms with Crippen LogP contribution in [0.1, 0.15) is 24.8 Å². The number of carboxylic acid groups (broad SMARTS) is 1. The number of fused-ring (bicyclic) bond motifs is 1. The van der Waals surface area contributed by atoms with Crippen molar-refractivity contribution in [3.8, 4) is 5.88 Å². The van der Waals surface area contributed by atoms with E-state index in [9.17, 15) is 9.90 Å². The van der Waals surface area contributed by atoms with E-state index in [1.165, 1.54) is 6.42 Å². The summed E-state index contributed by atoms with van der Waals surface area (Å²) in [5.41, 5.74) is 0.313. The average Bonchev–Trinajstić information content (AvgIpc) is 2.98. The Kier molecular flexibility index (Phi) is 2.54. The lowest BCUT2D eigenvalue weighted by Crippen LogP contribution is -2.32. The topological polar surface area (TPSA) is 59.4 Å². The van der Waals surface area contributed by atoms with Gasteiger partial charge in [-0.3, -0.25) is 4.79 Å². The molecule has 0 radical (unpaired) electrons. The molecular formula is C14H17NO3. The van der Waals surface area contributed by atoms with Gasteiger partial charge in [0.15, 0.2) is 0 Å². The molecule has 0 saturated heterocycles. The monoisotopic (exact) mass is 247 g/mol. The van der Waals surface area contributed by atoms with E-state index in [2.05, 4.69) is 4.98 Å². The van der Waals surface area contributed by atoms with Crippen LogP contribution in [0.4, 0.5) is 0 Å². The summed E-state index contributed by atoms with van der Waals surface area (Å²) in [5.74, 6) is 1.17. The van der Waals surface area contributed by atoms with Gasteiger partial charge in [0.05, 0.1) is 12.5 Å². The Balaban J connectivity index is 1.87. The summed E-state index contributed by atoms with van der Waals surface area (Å²) in [6.07, 6.45) is 5.05. The van der Waals surface area contributed by atoms with Crippen molar-refractivity contribution in [2.45, 2.75) is 25.7 Å². The van der Waals surface area contributed by atoms with Crippen LogP contribution < -0.4 is 4.74 Å². The summed E-state index contributed by atoms with van der Waals surface area (Å²) in [6, 6.07) is 3.75. The van der Waals surface area contributed by atoms with Crippen molar-refractivity contribution in [2.75, 3.05) is 7.11 Å². The van der Waals surface area contributed by atoms with E-state index in [1.807, 2.05) is 12.1 Å². The Morgan fingerprint density at radius 1 is 1.56 bits per heavy atom. The van der Waals surface area contributed by atoms with Gasteiger partial charge in [0.1, 0.15) is 0 Å². The molecule has 1 aromatic heterocycles. The number of hydrogen-bond donors (Lipinski definition) is 1. The quantitative estimate of drug-likeness (QED) is 0.885. The number of carboxylic acids is 1. The summed E-state index contributed by atoms with van der Waals surface area (Å²) >= 11 is 0. The van der Waals surface area contributed by atoms with Crippen molar-refractivity contribution in [1.29, 1.82) is 0 Å². The predicted molar refractivity (Wildman–Crippen MR) is 65.4 cm³/mol. The molecule has 2 fully saturated rings. The molecule has 3 rings (SSSR count). The maximum Gasteiger partial charge on any atom is 0.309 e. The van der Waals surface area contributed by atoms with E-state index in [1.54, 1.807) is 13.3 Å². The third-order valence-corrected chi connectivity index (χ3v) is 4.40. The van der Waals surface area contributed by atoms with E-state index in [-0.39, 0.29) is 0 Å². The van der Waals surface area contributed by atoms with Gasteiger partial charge in [-0.2, -0.15) is 0 Å².